The van der Waals surface area contributed by atoms with Gasteiger partial charge in [-0.05, 0) is 6.42 Å². The fourth-order valence-electron chi connectivity index (χ4n) is 2.01. The molecule has 2 unspecified atom stereocenters. The zero-order valence-corrected chi connectivity index (χ0v) is 12.3. The maximum atomic E-state index is 12.5. The molecule has 1 amide bonds. The number of nitrogens with zero attached hydrogens (tertiary/aromatic N) is 1. The summed E-state index contributed by atoms with van der Waals surface area (Å²) in [4.78, 5) is 25.7. The Morgan fingerprint density at radius 2 is 2.32 bits per heavy atom. The second-order valence-corrected chi connectivity index (χ2v) is 6.24. The predicted octanol–water partition coefficient (Wildman–Crippen LogP) is 2.14. The number of thioether (sulfide) groups is 1. The predicted molar refractivity (Wildman–Crippen MR) is 75.0 cm³/mol. The van der Waals surface area contributed by atoms with Crippen molar-refractivity contribution in [3.8, 4) is 5.75 Å². The largest absolute Gasteiger partial charge is 0.496 e. The van der Waals surface area contributed by atoms with E-state index in [1.165, 1.54) is 35.1 Å². The Morgan fingerprint density at radius 1 is 1.58 bits per heavy atom. The molecule has 1 aromatic rings. The molecule has 7 heteroatoms. The number of thiophene rings is 1. The number of hydrogen-bond acceptors (Lipinski definition) is 5. The van der Waals surface area contributed by atoms with Gasteiger partial charge in [0, 0.05) is 17.2 Å². The van der Waals surface area contributed by atoms with Gasteiger partial charge in [0.25, 0.3) is 5.91 Å². The summed E-state index contributed by atoms with van der Waals surface area (Å²) in [7, 11) is 1.54. The molecule has 19 heavy (non-hydrogen) atoms. The first kappa shape index (κ1) is 14.2. The number of aliphatic carboxylic acids is 1. The zero-order chi connectivity index (χ0) is 14.0. The molecule has 1 N–H and O–H groups in total. The summed E-state index contributed by atoms with van der Waals surface area (Å²) in [6, 6.07) is 0.914. The number of carboxylic acid groups (broad SMARTS) is 1. The van der Waals surface area contributed by atoms with Gasteiger partial charge in [-0.2, -0.15) is 0 Å². The molecule has 2 heterocycles. The van der Waals surface area contributed by atoms with Crippen molar-refractivity contribution in [2.75, 3.05) is 12.9 Å². The summed E-state index contributed by atoms with van der Waals surface area (Å²) in [5.74, 6) is -0.0970. The highest BCUT2D eigenvalue weighted by Crippen LogP contribution is 2.34. The van der Waals surface area contributed by atoms with E-state index < -0.39 is 12.0 Å². The Bertz CT molecular complexity index is 488. The lowest BCUT2D eigenvalue weighted by Gasteiger charge is -2.25. The minimum Gasteiger partial charge on any atom is -0.496 e. The molecule has 0 bridgehead atoms. The SMILES string of the molecule is CCC1SCC(C(=O)O)N1C(=O)c1cc(OC)cs1. The maximum Gasteiger partial charge on any atom is 0.327 e. The van der Waals surface area contributed by atoms with Crippen molar-refractivity contribution in [1.82, 2.24) is 4.90 Å². The van der Waals surface area contributed by atoms with Crippen LogP contribution in [0.2, 0.25) is 0 Å². The van der Waals surface area contributed by atoms with Gasteiger partial charge in [0.2, 0.25) is 0 Å². The van der Waals surface area contributed by atoms with E-state index in [0.29, 0.717) is 16.4 Å². The molecule has 0 saturated carbocycles. The number of methoxy groups -OCH3 is 1. The summed E-state index contributed by atoms with van der Waals surface area (Å²) in [5.41, 5.74) is 0. The molecular formula is C12H15NO4S2. The molecule has 2 rings (SSSR count). The molecule has 1 saturated heterocycles. The molecule has 1 aliphatic heterocycles. The van der Waals surface area contributed by atoms with Gasteiger partial charge < -0.3 is 14.7 Å². The number of hydrogen-bond donors (Lipinski definition) is 1. The van der Waals surface area contributed by atoms with Crippen molar-refractivity contribution in [1.29, 1.82) is 0 Å². The fourth-order valence-corrected chi connectivity index (χ4v) is 4.15. The quantitative estimate of drug-likeness (QED) is 0.923. The second-order valence-electron chi connectivity index (χ2n) is 4.11. The second kappa shape index (κ2) is 5.83. The Kier molecular flexibility index (Phi) is 4.36. The van der Waals surface area contributed by atoms with Crippen molar-refractivity contribution in [3.05, 3.63) is 16.3 Å². The van der Waals surface area contributed by atoms with Crippen LogP contribution < -0.4 is 4.74 Å². The molecule has 0 aliphatic carbocycles. The summed E-state index contributed by atoms with van der Waals surface area (Å²) in [6.07, 6.45) is 0.739. The Hall–Kier alpha value is -1.21. The molecule has 5 nitrogen and oxygen atoms in total. The van der Waals surface area contributed by atoms with Gasteiger partial charge in [0.05, 0.1) is 17.4 Å². The lowest BCUT2D eigenvalue weighted by Crippen LogP contribution is -2.45. The van der Waals surface area contributed by atoms with Crippen molar-refractivity contribution >= 4 is 35.0 Å². The average molecular weight is 301 g/mol. The highest BCUT2D eigenvalue weighted by molar-refractivity contribution is 8.00. The first-order chi connectivity index (χ1) is 9.08. The average Bonchev–Trinajstić information content (AvgIpc) is 3.03. The van der Waals surface area contributed by atoms with Gasteiger partial charge in [0.15, 0.2) is 0 Å². The minimum absolute atomic E-state index is 0.0679. The van der Waals surface area contributed by atoms with Crippen LogP contribution >= 0.6 is 23.1 Å². The molecule has 0 spiro atoms. The molecule has 1 aromatic heterocycles. The summed E-state index contributed by atoms with van der Waals surface area (Å²) >= 11 is 2.80. The van der Waals surface area contributed by atoms with Gasteiger partial charge in [0.1, 0.15) is 11.8 Å². The zero-order valence-electron chi connectivity index (χ0n) is 10.7. The van der Waals surface area contributed by atoms with E-state index in [1.54, 1.807) is 11.4 Å². The topological polar surface area (TPSA) is 66.8 Å². The van der Waals surface area contributed by atoms with Crippen molar-refractivity contribution in [2.24, 2.45) is 0 Å². The van der Waals surface area contributed by atoms with Crippen LogP contribution in [-0.4, -0.2) is 46.2 Å². The van der Waals surface area contributed by atoms with Gasteiger partial charge in [-0.15, -0.1) is 23.1 Å². The number of ether oxygens (including phenoxy) is 1. The van der Waals surface area contributed by atoms with Crippen LogP contribution in [0.1, 0.15) is 23.0 Å². The van der Waals surface area contributed by atoms with Crippen LogP contribution in [0.3, 0.4) is 0 Å². The summed E-state index contributed by atoms with van der Waals surface area (Å²) in [6.45, 7) is 1.96. The van der Waals surface area contributed by atoms with Crippen LogP contribution in [-0.2, 0) is 4.79 Å². The number of carboxylic acids is 1. The van der Waals surface area contributed by atoms with E-state index in [9.17, 15) is 14.7 Å². The van der Waals surface area contributed by atoms with Crippen molar-refractivity contribution in [3.63, 3.8) is 0 Å². The highest BCUT2D eigenvalue weighted by atomic mass is 32.2. The van der Waals surface area contributed by atoms with Crippen LogP contribution in [0.25, 0.3) is 0 Å². The van der Waals surface area contributed by atoms with Gasteiger partial charge >= 0.3 is 5.97 Å². The molecule has 1 fully saturated rings. The van der Waals surface area contributed by atoms with Crippen LogP contribution in [0.15, 0.2) is 11.4 Å². The maximum absolute atomic E-state index is 12.5. The molecule has 2 atom stereocenters. The number of amides is 1. The third-order valence-electron chi connectivity index (χ3n) is 2.98. The number of carbonyl (C=O) groups is 2. The third-order valence-corrected chi connectivity index (χ3v) is 5.33. The van der Waals surface area contributed by atoms with E-state index in [0.717, 1.165) is 6.42 Å². The first-order valence-electron chi connectivity index (χ1n) is 5.88. The smallest absolute Gasteiger partial charge is 0.327 e. The van der Waals surface area contributed by atoms with E-state index >= 15 is 0 Å². The van der Waals surface area contributed by atoms with Crippen molar-refractivity contribution in [2.45, 2.75) is 24.8 Å². The molecule has 0 radical (unpaired) electrons. The first-order valence-corrected chi connectivity index (χ1v) is 7.81. The van der Waals surface area contributed by atoms with Gasteiger partial charge in [-0.25, -0.2) is 4.79 Å². The minimum atomic E-state index is -0.944. The van der Waals surface area contributed by atoms with E-state index in [4.69, 9.17) is 4.74 Å². The lowest BCUT2D eigenvalue weighted by atomic mass is 10.2. The van der Waals surface area contributed by atoms with Gasteiger partial charge in [-0.1, -0.05) is 6.92 Å². The Morgan fingerprint density at radius 3 is 2.84 bits per heavy atom. The lowest BCUT2D eigenvalue weighted by molar-refractivity contribution is -0.141. The molecule has 0 aromatic carbocycles. The summed E-state index contributed by atoms with van der Waals surface area (Å²) in [5, 5.41) is 10.9. The van der Waals surface area contributed by atoms with Crippen LogP contribution in [0.5, 0.6) is 5.75 Å². The standard InChI is InChI=1S/C12H15NO4S2/c1-3-10-13(8(6-19-10)12(15)16)11(14)9-4-7(17-2)5-18-9/h4-5,8,10H,3,6H2,1-2H3,(H,15,16). The fraction of sp³-hybridized carbons (Fsp3) is 0.500. The highest BCUT2D eigenvalue weighted by Gasteiger charge is 2.41. The van der Waals surface area contributed by atoms with Crippen LogP contribution in [0.4, 0.5) is 0 Å². The monoisotopic (exact) mass is 301 g/mol. The number of carbonyl (C=O) groups excluding carboxylic acids is 1. The molecule has 1 aliphatic rings. The molecule has 104 valence electrons. The Balaban J connectivity index is 2.25. The molecular weight excluding hydrogens is 286 g/mol. The Labute approximate surface area is 119 Å². The third kappa shape index (κ3) is 2.71. The van der Waals surface area contributed by atoms with Gasteiger partial charge in [-0.3, -0.25) is 4.79 Å². The summed E-state index contributed by atoms with van der Waals surface area (Å²) < 4.78 is 5.05. The van der Waals surface area contributed by atoms with E-state index in [1.807, 2.05) is 6.92 Å². The van der Waals surface area contributed by atoms with E-state index in [-0.39, 0.29) is 11.3 Å². The van der Waals surface area contributed by atoms with Crippen molar-refractivity contribution < 1.29 is 19.4 Å². The van der Waals surface area contributed by atoms with E-state index in [2.05, 4.69) is 0 Å². The normalized spacial score (nSPS) is 22.5. The number of rotatable bonds is 4. The van der Waals surface area contributed by atoms with Crippen LogP contribution in [0, 0.1) is 0 Å².